The van der Waals surface area contributed by atoms with Gasteiger partial charge in [0.25, 0.3) is 0 Å². The lowest BCUT2D eigenvalue weighted by molar-refractivity contribution is 0.0240. The van der Waals surface area contributed by atoms with Crippen LogP contribution in [0, 0.1) is 0 Å². The Morgan fingerprint density at radius 2 is 1.78 bits per heavy atom. The maximum Gasteiger partial charge on any atom is 0.410 e. The minimum Gasteiger partial charge on any atom is -0.464 e. The summed E-state index contributed by atoms with van der Waals surface area (Å²) in [6, 6.07) is 0. The quantitative estimate of drug-likeness (QED) is 0.759. The van der Waals surface area contributed by atoms with E-state index < -0.39 is 11.6 Å². The number of esters is 1. The molecule has 1 aromatic heterocycles. The molecule has 23 heavy (non-hydrogen) atoms. The first kappa shape index (κ1) is 17.0. The third kappa shape index (κ3) is 4.54. The molecule has 2 heterocycles. The summed E-state index contributed by atoms with van der Waals surface area (Å²) in [7, 11) is 1.30. The Hall–Kier alpha value is -2.38. The highest BCUT2D eigenvalue weighted by Crippen LogP contribution is 2.16. The lowest BCUT2D eigenvalue weighted by Gasteiger charge is -2.36. The summed E-state index contributed by atoms with van der Waals surface area (Å²) >= 11 is 0. The molecular formula is C15H22N4O4. The van der Waals surface area contributed by atoms with Crippen LogP contribution in [0.2, 0.25) is 0 Å². The van der Waals surface area contributed by atoms with Gasteiger partial charge in [0.1, 0.15) is 11.4 Å². The van der Waals surface area contributed by atoms with Crippen molar-refractivity contribution < 1.29 is 19.1 Å². The summed E-state index contributed by atoms with van der Waals surface area (Å²) < 4.78 is 10.0. The van der Waals surface area contributed by atoms with Gasteiger partial charge in [0.15, 0.2) is 5.69 Å². The highest BCUT2D eigenvalue weighted by atomic mass is 16.6. The van der Waals surface area contributed by atoms with Gasteiger partial charge in [0, 0.05) is 26.2 Å². The molecule has 0 bridgehead atoms. The van der Waals surface area contributed by atoms with Crippen LogP contribution in [0.4, 0.5) is 10.6 Å². The summed E-state index contributed by atoms with van der Waals surface area (Å²) in [5.41, 5.74) is -0.339. The number of carbonyl (C=O) groups excluding carboxylic acids is 2. The van der Waals surface area contributed by atoms with Crippen LogP contribution in [0.3, 0.4) is 0 Å². The molecule has 8 heteroatoms. The topological polar surface area (TPSA) is 84.9 Å². The van der Waals surface area contributed by atoms with Crippen molar-refractivity contribution in [2.45, 2.75) is 26.4 Å². The van der Waals surface area contributed by atoms with E-state index in [9.17, 15) is 9.59 Å². The van der Waals surface area contributed by atoms with Crippen LogP contribution >= 0.6 is 0 Å². The minimum atomic E-state index is -0.522. The van der Waals surface area contributed by atoms with E-state index in [1.165, 1.54) is 13.3 Å². The lowest BCUT2D eigenvalue weighted by atomic mass is 10.2. The maximum atomic E-state index is 12.0. The smallest absolute Gasteiger partial charge is 0.410 e. The highest BCUT2D eigenvalue weighted by Gasteiger charge is 2.26. The molecule has 0 unspecified atom stereocenters. The van der Waals surface area contributed by atoms with Crippen molar-refractivity contribution in [2.24, 2.45) is 0 Å². The maximum absolute atomic E-state index is 12.0. The summed E-state index contributed by atoms with van der Waals surface area (Å²) in [4.78, 5) is 35.5. The predicted molar refractivity (Wildman–Crippen MR) is 83.4 cm³/mol. The van der Waals surface area contributed by atoms with Crippen LogP contribution in [-0.2, 0) is 9.47 Å². The monoisotopic (exact) mass is 322 g/mol. The zero-order chi connectivity index (χ0) is 17.0. The van der Waals surface area contributed by atoms with Gasteiger partial charge in [-0.15, -0.1) is 0 Å². The molecule has 1 aliphatic heterocycles. The third-order valence-electron chi connectivity index (χ3n) is 3.27. The molecule has 1 aliphatic rings. The SMILES string of the molecule is COC(=O)c1cncc(N2CCN(C(=O)OC(C)(C)C)CC2)n1. The van der Waals surface area contributed by atoms with Gasteiger partial charge in [-0.1, -0.05) is 0 Å². The molecular weight excluding hydrogens is 300 g/mol. The molecule has 0 aromatic carbocycles. The van der Waals surface area contributed by atoms with E-state index in [1.54, 1.807) is 11.1 Å². The van der Waals surface area contributed by atoms with E-state index in [2.05, 4.69) is 14.7 Å². The summed E-state index contributed by atoms with van der Waals surface area (Å²) in [5.74, 6) is 0.0727. The number of piperazine rings is 1. The molecule has 1 fully saturated rings. The number of aromatic nitrogens is 2. The van der Waals surface area contributed by atoms with Crippen molar-refractivity contribution in [3.05, 3.63) is 18.1 Å². The molecule has 1 amide bonds. The number of hydrogen-bond donors (Lipinski definition) is 0. The van der Waals surface area contributed by atoms with E-state index in [-0.39, 0.29) is 11.8 Å². The van der Waals surface area contributed by atoms with Crippen LogP contribution in [0.5, 0.6) is 0 Å². The van der Waals surface area contributed by atoms with Crippen molar-refractivity contribution in [1.82, 2.24) is 14.9 Å². The standard InChI is InChI=1S/C15H22N4O4/c1-15(2,3)23-14(21)19-7-5-18(6-8-19)12-10-16-9-11(17-12)13(20)22-4/h9-10H,5-8H2,1-4H3. The normalized spacial score (nSPS) is 15.3. The molecule has 0 spiro atoms. The van der Waals surface area contributed by atoms with Gasteiger partial charge in [-0.05, 0) is 20.8 Å². The fourth-order valence-corrected chi connectivity index (χ4v) is 2.16. The number of ether oxygens (including phenoxy) is 2. The first-order chi connectivity index (χ1) is 10.8. The number of rotatable bonds is 2. The minimum absolute atomic E-state index is 0.166. The second-order valence-electron chi connectivity index (χ2n) is 6.21. The molecule has 8 nitrogen and oxygen atoms in total. The Labute approximate surface area is 135 Å². The molecule has 0 aliphatic carbocycles. The second-order valence-corrected chi connectivity index (χ2v) is 6.21. The number of carbonyl (C=O) groups is 2. The number of amides is 1. The van der Waals surface area contributed by atoms with Crippen molar-refractivity contribution in [3.8, 4) is 0 Å². The van der Waals surface area contributed by atoms with Crippen molar-refractivity contribution in [3.63, 3.8) is 0 Å². The molecule has 0 saturated carbocycles. The van der Waals surface area contributed by atoms with Crippen molar-refractivity contribution in [2.75, 3.05) is 38.2 Å². The summed E-state index contributed by atoms with van der Waals surface area (Å²) in [6.07, 6.45) is 2.65. The Morgan fingerprint density at radius 1 is 1.13 bits per heavy atom. The molecule has 0 N–H and O–H groups in total. The van der Waals surface area contributed by atoms with Gasteiger partial charge >= 0.3 is 12.1 Å². The predicted octanol–water partition coefficient (Wildman–Crippen LogP) is 1.32. The first-order valence-electron chi connectivity index (χ1n) is 7.43. The molecule has 1 aromatic rings. The van der Waals surface area contributed by atoms with Gasteiger partial charge in [-0.25, -0.2) is 14.6 Å². The fourth-order valence-electron chi connectivity index (χ4n) is 2.16. The van der Waals surface area contributed by atoms with Crippen LogP contribution in [-0.4, -0.2) is 65.8 Å². The fraction of sp³-hybridized carbons (Fsp3) is 0.600. The molecule has 2 rings (SSSR count). The Kier molecular flexibility index (Phi) is 5.02. The van der Waals surface area contributed by atoms with Crippen molar-refractivity contribution in [1.29, 1.82) is 0 Å². The van der Waals surface area contributed by atoms with E-state index in [1.807, 2.05) is 25.7 Å². The van der Waals surface area contributed by atoms with Crippen LogP contribution < -0.4 is 4.90 Å². The summed E-state index contributed by atoms with van der Waals surface area (Å²) in [5, 5.41) is 0. The average molecular weight is 322 g/mol. The van der Waals surface area contributed by atoms with Gasteiger partial charge in [-0.2, -0.15) is 0 Å². The Balaban J connectivity index is 1.97. The number of methoxy groups -OCH3 is 1. The number of hydrogen-bond acceptors (Lipinski definition) is 7. The largest absolute Gasteiger partial charge is 0.464 e. The number of nitrogens with zero attached hydrogens (tertiary/aromatic N) is 4. The molecule has 126 valence electrons. The van der Waals surface area contributed by atoms with E-state index in [4.69, 9.17) is 4.74 Å². The van der Waals surface area contributed by atoms with E-state index in [0.717, 1.165) is 0 Å². The molecule has 0 atom stereocenters. The average Bonchev–Trinajstić information content (AvgIpc) is 2.53. The van der Waals surface area contributed by atoms with Gasteiger partial charge in [-0.3, -0.25) is 4.98 Å². The van der Waals surface area contributed by atoms with Crippen LogP contribution in [0.1, 0.15) is 31.3 Å². The van der Waals surface area contributed by atoms with Crippen LogP contribution in [0.15, 0.2) is 12.4 Å². The van der Waals surface area contributed by atoms with Gasteiger partial charge in [0.2, 0.25) is 0 Å². The zero-order valence-electron chi connectivity index (χ0n) is 13.9. The van der Waals surface area contributed by atoms with Gasteiger partial charge in [0.05, 0.1) is 19.5 Å². The molecule has 1 saturated heterocycles. The molecule has 0 radical (unpaired) electrons. The lowest BCUT2D eigenvalue weighted by Crippen LogP contribution is -2.50. The highest BCUT2D eigenvalue weighted by molar-refractivity contribution is 5.87. The summed E-state index contributed by atoms with van der Waals surface area (Å²) in [6.45, 7) is 7.77. The van der Waals surface area contributed by atoms with E-state index >= 15 is 0 Å². The Bertz CT molecular complexity index is 577. The Morgan fingerprint density at radius 3 is 2.35 bits per heavy atom. The zero-order valence-corrected chi connectivity index (χ0v) is 13.9. The van der Waals surface area contributed by atoms with E-state index in [0.29, 0.717) is 32.0 Å². The third-order valence-corrected chi connectivity index (χ3v) is 3.27. The van der Waals surface area contributed by atoms with Crippen molar-refractivity contribution >= 4 is 17.9 Å². The number of anilines is 1. The second kappa shape index (κ2) is 6.80. The van der Waals surface area contributed by atoms with Crippen LogP contribution in [0.25, 0.3) is 0 Å². The van der Waals surface area contributed by atoms with Gasteiger partial charge < -0.3 is 19.3 Å². The first-order valence-corrected chi connectivity index (χ1v) is 7.43.